The van der Waals surface area contributed by atoms with Gasteiger partial charge in [-0.15, -0.1) is 0 Å². The second-order valence-electron chi connectivity index (χ2n) is 6.18. The van der Waals surface area contributed by atoms with E-state index in [1.54, 1.807) is 18.3 Å². The van der Waals surface area contributed by atoms with Crippen LogP contribution in [0.25, 0.3) is 11.0 Å². The number of imidazole rings is 1. The molecule has 144 valence electrons. The molecule has 2 aromatic heterocycles. The van der Waals surface area contributed by atoms with Gasteiger partial charge in [0.2, 0.25) is 0 Å². The Balaban J connectivity index is 1.40. The van der Waals surface area contributed by atoms with Crippen molar-refractivity contribution >= 4 is 23.0 Å². The van der Waals surface area contributed by atoms with Crippen molar-refractivity contribution in [1.29, 1.82) is 0 Å². The summed E-state index contributed by atoms with van der Waals surface area (Å²) in [6, 6.07) is 5.57. The van der Waals surface area contributed by atoms with Gasteiger partial charge in [0.1, 0.15) is 5.52 Å². The van der Waals surface area contributed by atoms with Crippen LogP contribution in [0.2, 0.25) is 0 Å². The van der Waals surface area contributed by atoms with Crippen LogP contribution in [0.1, 0.15) is 10.6 Å². The van der Waals surface area contributed by atoms with E-state index in [1.165, 1.54) is 22.1 Å². The number of carbonyl (C=O) groups excluding carboxylic acids is 2. The number of halogens is 2. The van der Waals surface area contributed by atoms with Gasteiger partial charge in [-0.1, -0.05) is 0 Å². The summed E-state index contributed by atoms with van der Waals surface area (Å²) in [6.07, 6.45) is 2.47. The molecule has 3 aromatic rings. The minimum Gasteiger partial charge on any atom is -0.409 e. The van der Waals surface area contributed by atoms with Crippen LogP contribution >= 0.6 is 0 Å². The molecule has 0 aliphatic carbocycles. The molecule has 2 amide bonds. The molecule has 0 radical (unpaired) electrons. The smallest absolute Gasteiger partial charge is 0.409 e. The first-order valence-corrected chi connectivity index (χ1v) is 8.52. The number of piperazine rings is 1. The second-order valence-corrected chi connectivity index (χ2v) is 6.18. The Morgan fingerprint density at radius 3 is 2.54 bits per heavy atom. The number of fused-ring (bicyclic) bond motifs is 1. The fourth-order valence-corrected chi connectivity index (χ4v) is 2.93. The monoisotopic (exact) mass is 387 g/mol. The van der Waals surface area contributed by atoms with E-state index in [2.05, 4.69) is 15.0 Å². The number of aromatic amines is 1. The Labute approximate surface area is 157 Å². The molecule has 1 saturated heterocycles. The van der Waals surface area contributed by atoms with Crippen molar-refractivity contribution in [2.45, 2.75) is 0 Å². The van der Waals surface area contributed by atoms with E-state index < -0.39 is 23.6 Å². The quantitative estimate of drug-likeness (QED) is 0.728. The van der Waals surface area contributed by atoms with E-state index in [4.69, 9.17) is 4.74 Å². The fraction of sp³-hybridized carbons (Fsp3) is 0.222. The van der Waals surface area contributed by atoms with Gasteiger partial charge in [-0.2, -0.15) is 0 Å². The van der Waals surface area contributed by atoms with Gasteiger partial charge in [0, 0.05) is 32.4 Å². The largest absolute Gasteiger partial charge is 0.415 e. The topological polar surface area (TPSA) is 91.4 Å². The first-order valence-electron chi connectivity index (χ1n) is 8.52. The van der Waals surface area contributed by atoms with Crippen molar-refractivity contribution in [2.24, 2.45) is 0 Å². The first kappa shape index (κ1) is 17.8. The molecule has 1 fully saturated rings. The number of nitrogens with one attached hydrogen (secondary N) is 1. The number of rotatable bonds is 2. The molecule has 1 aromatic carbocycles. The molecule has 1 aliphatic rings. The Hall–Kier alpha value is -3.56. The van der Waals surface area contributed by atoms with Crippen molar-refractivity contribution in [3.8, 4) is 5.75 Å². The van der Waals surface area contributed by atoms with E-state index in [0.717, 1.165) is 6.07 Å². The third-order valence-corrected chi connectivity index (χ3v) is 4.41. The number of ether oxygens (including phenoxy) is 1. The van der Waals surface area contributed by atoms with Gasteiger partial charge in [-0.25, -0.2) is 18.6 Å². The van der Waals surface area contributed by atoms with Crippen LogP contribution in [0.3, 0.4) is 0 Å². The lowest BCUT2D eigenvalue weighted by atomic mass is 10.3. The molecule has 1 aliphatic heterocycles. The summed E-state index contributed by atoms with van der Waals surface area (Å²) in [6.45, 7) is 1.06. The van der Waals surface area contributed by atoms with Crippen LogP contribution < -0.4 is 4.74 Å². The molecule has 0 spiro atoms. The van der Waals surface area contributed by atoms with E-state index in [9.17, 15) is 18.4 Å². The predicted octanol–water partition coefficient (Wildman–Crippen LogP) is 2.19. The zero-order valence-corrected chi connectivity index (χ0v) is 14.6. The molecular weight excluding hydrogens is 372 g/mol. The molecule has 0 bridgehead atoms. The number of aromatic nitrogens is 3. The SMILES string of the molecule is O=C(Oc1cccnc1)N1CCN(C(=O)c2nc3c(F)c(F)ccc3[nH]2)CC1. The maximum absolute atomic E-state index is 13.8. The zero-order valence-electron chi connectivity index (χ0n) is 14.6. The number of carbonyl (C=O) groups is 2. The zero-order chi connectivity index (χ0) is 19.7. The van der Waals surface area contributed by atoms with E-state index in [1.807, 2.05) is 0 Å². The van der Waals surface area contributed by atoms with Crippen LogP contribution in [-0.2, 0) is 0 Å². The van der Waals surface area contributed by atoms with Gasteiger partial charge in [0.25, 0.3) is 5.91 Å². The van der Waals surface area contributed by atoms with E-state index in [-0.39, 0.29) is 43.0 Å². The van der Waals surface area contributed by atoms with Crippen LogP contribution in [0, 0.1) is 11.6 Å². The number of benzene rings is 1. The summed E-state index contributed by atoms with van der Waals surface area (Å²) in [5.74, 6) is -2.32. The summed E-state index contributed by atoms with van der Waals surface area (Å²) in [7, 11) is 0. The Morgan fingerprint density at radius 2 is 1.82 bits per heavy atom. The van der Waals surface area contributed by atoms with Gasteiger partial charge in [0.15, 0.2) is 23.2 Å². The van der Waals surface area contributed by atoms with Crippen molar-refractivity contribution in [3.63, 3.8) is 0 Å². The maximum atomic E-state index is 13.8. The van der Waals surface area contributed by atoms with Gasteiger partial charge in [0.05, 0.1) is 11.7 Å². The number of amides is 2. The predicted molar refractivity (Wildman–Crippen MR) is 93.7 cm³/mol. The van der Waals surface area contributed by atoms with Crippen LogP contribution in [0.15, 0.2) is 36.7 Å². The molecule has 0 saturated carbocycles. The maximum Gasteiger partial charge on any atom is 0.415 e. The Kier molecular flexibility index (Phi) is 4.60. The van der Waals surface area contributed by atoms with Crippen molar-refractivity contribution in [2.75, 3.05) is 26.2 Å². The molecule has 0 atom stereocenters. The molecule has 0 unspecified atom stereocenters. The molecular formula is C18H15F2N5O3. The summed E-state index contributed by atoms with van der Waals surface area (Å²) < 4.78 is 32.3. The summed E-state index contributed by atoms with van der Waals surface area (Å²) in [5, 5.41) is 0. The van der Waals surface area contributed by atoms with Gasteiger partial charge < -0.3 is 19.5 Å². The third-order valence-electron chi connectivity index (χ3n) is 4.41. The highest BCUT2D eigenvalue weighted by molar-refractivity contribution is 5.94. The molecule has 1 N–H and O–H groups in total. The lowest BCUT2D eigenvalue weighted by Crippen LogP contribution is -2.51. The standard InChI is InChI=1S/C18H15F2N5O3/c19-12-3-4-13-15(14(12)20)23-16(22-13)17(26)24-6-8-25(9-7-24)18(27)28-11-2-1-5-21-10-11/h1-5,10H,6-9H2,(H,22,23). The minimum absolute atomic E-state index is 0.0779. The highest BCUT2D eigenvalue weighted by Crippen LogP contribution is 2.19. The average Bonchev–Trinajstić information content (AvgIpc) is 3.16. The molecule has 8 nitrogen and oxygen atoms in total. The minimum atomic E-state index is -1.10. The molecule has 28 heavy (non-hydrogen) atoms. The fourth-order valence-electron chi connectivity index (χ4n) is 2.93. The number of pyridine rings is 1. The van der Waals surface area contributed by atoms with Gasteiger partial charge in [-0.3, -0.25) is 9.78 Å². The van der Waals surface area contributed by atoms with E-state index >= 15 is 0 Å². The molecule has 3 heterocycles. The second kappa shape index (κ2) is 7.22. The molecule has 10 heteroatoms. The lowest BCUT2D eigenvalue weighted by molar-refractivity contribution is 0.0623. The van der Waals surface area contributed by atoms with Gasteiger partial charge in [-0.05, 0) is 24.3 Å². The van der Waals surface area contributed by atoms with Crippen molar-refractivity contribution in [1.82, 2.24) is 24.8 Å². The van der Waals surface area contributed by atoms with Crippen molar-refractivity contribution in [3.05, 3.63) is 54.1 Å². The molecule has 4 rings (SSSR count). The van der Waals surface area contributed by atoms with Crippen LogP contribution in [0.4, 0.5) is 13.6 Å². The van der Waals surface area contributed by atoms with E-state index in [0.29, 0.717) is 5.75 Å². The van der Waals surface area contributed by atoms with Crippen LogP contribution in [-0.4, -0.2) is 62.9 Å². The summed E-state index contributed by atoms with van der Waals surface area (Å²) in [4.78, 5) is 38.2. The lowest BCUT2D eigenvalue weighted by Gasteiger charge is -2.33. The third kappa shape index (κ3) is 3.36. The number of H-pyrrole nitrogens is 1. The normalized spacial score (nSPS) is 14.4. The highest BCUT2D eigenvalue weighted by Gasteiger charge is 2.28. The summed E-state index contributed by atoms with van der Waals surface area (Å²) in [5.41, 5.74) is 0.0166. The van der Waals surface area contributed by atoms with Gasteiger partial charge >= 0.3 is 6.09 Å². The number of hydrogen-bond acceptors (Lipinski definition) is 5. The Morgan fingerprint density at radius 1 is 1.07 bits per heavy atom. The average molecular weight is 387 g/mol. The summed E-state index contributed by atoms with van der Waals surface area (Å²) >= 11 is 0. The number of hydrogen-bond donors (Lipinski definition) is 1. The first-order chi connectivity index (χ1) is 13.5. The Bertz CT molecular complexity index is 1030. The highest BCUT2D eigenvalue weighted by atomic mass is 19.2. The van der Waals surface area contributed by atoms with Crippen LogP contribution in [0.5, 0.6) is 5.75 Å². The number of nitrogens with zero attached hydrogens (tertiary/aromatic N) is 4. The van der Waals surface area contributed by atoms with Crippen molar-refractivity contribution < 1.29 is 23.1 Å².